The van der Waals surface area contributed by atoms with E-state index in [-0.39, 0.29) is 11.3 Å². The highest BCUT2D eigenvalue weighted by Gasteiger charge is 2.28. The molecule has 0 atom stereocenters. The first-order valence-electron chi connectivity index (χ1n) is 7.76. The zero-order valence-electron chi connectivity index (χ0n) is 14.1. The van der Waals surface area contributed by atoms with Gasteiger partial charge in [0.15, 0.2) is 11.8 Å². The van der Waals surface area contributed by atoms with Gasteiger partial charge in [0, 0.05) is 24.0 Å². The summed E-state index contributed by atoms with van der Waals surface area (Å²) in [7, 11) is 0. The summed E-state index contributed by atoms with van der Waals surface area (Å²) in [5, 5.41) is 0.457. The number of ether oxygens (including phenoxy) is 1. The third-order valence-corrected chi connectivity index (χ3v) is 4.18. The molecule has 0 aliphatic heterocycles. The van der Waals surface area contributed by atoms with Crippen LogP contribution in [-0.4, -0.2) is 33.6 Å². The van der Waals surface area contributed by atoms with Crippen molar-refractivity contribution < 1.29 is 17.9 Å². The van der Waals surface area contributed by atoms with E-state index >= 15 is 0 Å². The monoisotopic (exact) mass is 393 g/mol. The Hall–Kier alpha value is -2.81. The van der Waals surface area contributed by atoms with Crippen LogP contribution >= 0.6 is 11.8 Å². The standard InChI is InChI=1S/C18H14F3N3O2S/c1-27-17-23-15(12-6-8-22-9-7-12)10-16(25)24(17)13-2-4-14(5-3-13)26-11-18(19,20)21/h2-10H,11H2,1H3. The quantitative estimate of drug-likeness (QED) is 0.485. The molecule has 1 aromatic carbocycles. The zero-order chi connectivity index (χ0) is 19.4. The Balaban J connectivity index is 1.93. The summed E-state index contributed by atoms with van der Waals surface area (Å²) in [6.45, 7) is -1.37. The fourth-order valence-corrected chi connectivity index (χ4v) is 2.93. The van der Waals surface area contributed by atoms with Crippen LogP contribution in [0.2, 0.25) is 0 Å². The molecule has 9 heteroatoms. The molecule has 0 saturated carbocycles. The molecule has 3 rings (SSSR count). The second-order valence-electron chi connectivity index (χ2n) is 5.44. The van der Waals surface area contributed by atoms with E-state index in [2.05, 4.69) is 14.7 Å². The van der Waals surface area contributed by atoms with Crippen LogP contribution in [0, 0.1) is 0 Å². The van der Waals surface area contributed by atoms with Crippen LogP contribution < -0.4 is 10.3 Å². The Morgan fingerprint density at radius 1 is 1.11 bits per heavy atom. The van der Waals surface area contributed by atoms with E-state index in [1.54, 1.807) is 30.8 Å². The minimum absolute atomic E-state index is 0.0659. The summed E-state index contributed by atoms with van der Waals surface area (Å²) >= 11 is 1.29. The maximum atomic E-state index is 12.6. The van der Waals surface area contributed by atoms with Crippen LogP contribution in [0.1, 0.15) is 0 Å². The first-order valence-corrected chi connectivity index (χ1v) is 8.98. The number of thioether (sulfide) groups is 1. The lowest BCUT2D eigenvalue weighted by Crippen LogP contribution is -2.21. The van der Waals surface area contributed by atoms with Gasteiger partial charge in [0.2, 0.25) is 0 Å². The van der Waals surface area contributed by atoms with Gasteiger partial charge in [0.1, 0.15) is 5.75 Å². The molecular formula is C18H14F3N3O2S. The lowest BCUT2D eigenvalue weighted by atomic mass is 10.2. The molecule has 5 nitrogen and oxygen atoms in total. The third kappa shape index (κ3) is 4.68. The van der Waals surface area contributed by atoms with Crippen molar-refractivity contribution in [2.24, 2.45) is 0 Å². The molecule has 0 amide bonds. The third-order valence-electron chi connectivity index (χ3n) is 3.54. The van der Waals surface area contributed by atoms with Crippen molar-refractivity contribution in [3.63, 3.8) is 0 Å². The van der Waals surface area contributed by atoms with Crippen molar-refractivity contribution in [2.75, 3.05) is 12.9 Å². The number of nitrogens with zero attached hydrogens (tertiary/aromatic N) is 3. The second kappa shape index (κ2) is 7.83. The number of halogens is 3. The summed E-state index contributed by atoms with van der Waals surface area (Å²) in [5.74, 6) is 0.0659. The Morgan fingerprint density at radius 3 is 2.37 bits per heavy atom. The summed E-state index contributed by atoms with van der Waals surface area (Å²) in [5.41, 5.74) is 1.47. The van der Waals surface area contributed by atoms with Gasteiger partial charge >= 0.3 is 6.18 Å². The zero-order valence-corrected chi connectivity index (χ0v) is 14.9. The van der Waals surface area contributed by atoms with Gasteiger partial charge in [-0.05, 0) is 42.7 Å². The van der Waals surface area contributed by atoms with Crippen molar-refractivity contribution in [2.45, 2.75) is 11.3 Å². The molecule has 0 unspecified atom stereocenters. The van der Waals surface area contributed by atoms with E-state index in [0.717, 1.165) is 5.56 Å². The molecule has 0 spiro atoms. The molecule has 0 aliphatic carbocycles. The van der Waals surface area contributed by atoms with Crippen molar-refractivity contribution in [1.29, 1.82) is 0 Å². The van der Waals surface area contributed by atoms with Crippen LogP contribution in [-0.2, 0) is 0 Å². The molecule has 0 N–H and O–H groups in total. The highest BCUT2D eigenvalue weighted by Crippen LogP contribution is 2.23. The lowest BCUT2D eigenvalue weighted by molar-refractivity contribution is -0.153. The Bertz CT molecular complexity index is 974. The predicted octanol–water partition coefficient (Wildman–Crippen LogP) is 3.96. The molecule has 3 aromatic rings. The number of alkyl halides is 3. The van der Waals surface area contributed by atoms with Crippen molar-refractivity contribution >= 4 is 11.8 Å². The van der Waals surface area contributed by atoms with E-state index in [1.807, 2.05) is 0 Å². The van der Waals surface area contributed by atoms with E-state index < -0.39 is 12.8 Å². The van der Waals surface area contributed by atoms with Crippen LogP contribution in [0.4, 0.5) is 13.2 Å². The molecule has 0 bridgehead atoms. The fraction of sp³-hybridized carbons (Fsp3) is 0.167. The second-order valence-corrected chi connectivity index (χ2v) is 6.21. The summed E-state index contributed by atoms with van der Waals surface area (Å²) in [4.78, 5) is 21.1. The maximum absolute atomic E-state index is 12.6. The maximum Gasteiger partial charge on any atom is 0.422 e. The van der Waals surface area contributed by atoms with Crippen LogP contribution in [0.15, 0.2) is 64.8 Å². The average Bonchev–Trinajstić information content (AvgIpc) is 2.66. The normalized spacial score (nSPS) is 11.4. The first-order chi connectivity index (χ1) is 12.9. The van der Waals surface area contributed by atoms with E-state index in [0.29, 0.717) is 16.5 Å². The molecule has 2 heterocycles. The van der Waals surface area contributed by atoms with E-state index in [1.165, 1.54) is 46.7 Å². The molecule has 0 radical (unpaired) electrons. The fourth-order valence-electron chi connectivity index (χ4n) is 2.36. The van der Waals surface area contributed by atoms with Gasteiger partial charge in [-0.2, -0.15) is 13.2 Å². The molecular weight excluding hydrogens is 379 g/mol. The van der Waals surface area contributed by atoms with Gasteiger partial charge in [-0.1, -0.05) is 11.8 Å². The van der Waals surface area contributed by atoms with Crippen LogP contribution in [0.5, 0.6) is 5.75 Å². The number of hydrogen-bond acceptors (Lipinski definition) is 5. The highest BCUT2D eigenvalue weighted by atomic mass is 32.2. The molecule has 0 aliphatic rings. The topological polar surface area (TPSA) is 57.0 Å². The van der Waals surface area contributed by atoms with E-state index in [4.69, 9.17) is 0 Å². The van der Waals surface area contributed by atoms with Crippen molar-refractivity contribution in [3.05, 3.63) is 65.2 Å². The number of pyridine rings is 1. The number of benzene rings is 1. The minimum Gasteiger partial charge on any atom is -0.484 e. The number of hydrogen-bond donors (Lipinski definition) is 0. The van der Waals surface area contributed by atoms with Crippen molar-refractivity contribution in [3.8, 4) is 22.7 Å². The molecule has 27 heavy (non-hydrogen) atoms. The largest absolute Gasteiger partial charge is 0.484 e. The summed E-state index contributed by atoms with van der Waals surface area (Å²) in [6.07, 6.45) is 0.603. The molecule has 0 saturated heterocycles. The van der Waals surface area contributed by atoms with Gasteiger partial charge in [0.25, 0.3) is 5.56 Å². The number of rotatable bonds is 5. The molecule has 0 fully saturated rings. The first kappa shape index (κ1) is 19.0. The van der Waals surface area contributed by atoms with Gasteiger partial charge in [-0.3, -0.25) is 14.3 Å². The van der Waals surface area contributed by atoms with Gasteiger partial charge in [-0.15, -0.1) is 0 Å². The van der Waals surface area contributed by atoms with Crippen molar-refractivity contribution in [1.82, 2.24) is 14.5 Å². The van der Waals surface area contributed by atoms with Gasteiger partial charge in [0.05, 0.1) is 11.4 Å². The smallest absolute Gasteiger partial charge is 0.422 e. The number of aromatic nitrogens is 3. The SMILES string of the molecule is CSc1nc(-c2ccncc2)cc(=O)n1-c1ccc(OCC(F)(F)F)cc1. The summed E-state index contributed by atoms with van der Waals surface area (Å²) < 4.78 is 42.8. The Morgan fingerprint density at radius 2 is 1.78 bits per heavy atom. The summed E-state index contributed by atoms with van der Waals surface area (Å²) in [6, 6.07) is 10.7. The Labute approximate surface area is 156 Å². The molecule has 140 valence electrons. The minimum atomic E-state index is -4.41. The Kier molecular flexibility index (Phi) is 5.50. The predicted molar refractivity (Wildman–Crippen MR) is 96.4 cm³/mol. The van der Waals surface area contributed by atoms with Crippen LogP contribution in [0.25, 0.3) is 16.9 Å². The van der Waals surface area contributed by atoms with E-state index in [9.17, 15) is 18.0 Å². The van der Waals surface area contributed by atoms with Gasteiger partial charge in [-0.25, -0.2) is 4.98 Å². The highest BCUT2D eigenvalue weighted by molar-refractivity contribution is 7.98. The van der Waals surface area contributed by atoms with Gasteiger partial charge < -0.3 is 4.74 Å². The van der Waals surface area contributed by atoms with Crippen LogP contribution in [0.3, 0.4) is 0 Å². The lowest BCUT2D eigenvalue weighted by Gasteiger charge is -2.13. The average molecular weight is 393 g/mol. The molecule has 2 aromatic heterocycles.